The molecule has 0 aliphatic rings. The number of halogens is 1. The minimum Gasteiger partial charge on any atom is -0.384 e. The Morgan fingerprint density at radius 3 is 3.00 bits per heavy atom. The molecule has 0 aliphatic carbocycles. The summed E-state index contributed by atoms with van der Waals surface area (Å²) in [5, 5.41) is 0. The number of nitrogens with two attached hydrogens (primary N) is 1. The first-order chi connectivity index (χ1) is 5.68. The topological polar surface area (TPSA) is 43.8 Å². The summed E-state index contributed by atoms with van der Waals surface area (Å²) in [5.41, 5.74) is 7.55. The summed E-state index contributed by atoms with van der Waals surface area (Å²) >= 11 is 3.41. The lowest BCUT2D eigenvalue weighted by atomic mass is 10.4. The van der Waals surface area contributed by atoms with Crippen LogP contribution in [-0.2, 0) is 7.05 Å². The molecule has 0 radical (unpaired) electrons. The molecule has 62 valence electrons. The van der Waals surface area contributed by atoms with Gasteiger partial charge in [-0.1, -0.05) is 0 Å². The van der Waals surface area contributed by atoms with Gasteiger partial charge in [-0.3, -0.25) is 0 Å². The summed E-state index contributed by atoms with van der Waals surface area (Å²) < 4.78 is 2.98. The van der Waals surface area contributed by atoms with Crippen LogP contribution in [0.3, 0.4) is 0 Å². The Kier molecular flexibility index (Phi) is 1.58. The number of anilines is 1. The highest BCUT2D eigenvalue weighted by atomic mass is 79.9. The molecular weight excluding hydrogens is 218 g/mol. The number of hydrogen-bond donors (Lipinski definition) is 1. The van der Waals surface area contributed by atoms with Crippen LogP contribution in [0.15, 0.2) is 22.8 Å². The van der Waals surface area contributed by atoms with Crippen LogP contribution in [0.2, 0.25) is 0 Å². The van der Waals surface area contributed by atoms with E-state index in [0.717, 1.165) is 15.5 Å². The van der Waals surface area contributed by atoms with Crippen molar-refractivity contribution in [2.45, 2.75) is 0 Å². The average molecular weight is 226 g/mol. The Labute approximate surface area is 78.3 Å². The highest BCUT2D eigenvalue weighted by Gasteiger charge is 2.04. The van der Waals surface area contributed by atoms with Crippen molar-refractivity contribution in [3.63, 3.8) is 0 Å². The molecule has 0 amide bonds. The predicted octanol–water partition coefficient (Wildman–Crippen LogP) is 1.92. The molecular formula is C8H8BrN3. The third kappa shape index (κ3) is 0.992. The minimum atomic E-state index is 0.550. The van der Waals surface area contributed by atoms with Gasteiger partial charge in [0, 0.05) is 13.2 Å². The van der Waals surface area contributed by atoms with Crippen molar-refractivity contribution in [2.75, 3.05) is 5.73 Å². The quantitative estimate of drug-likeness (QED) is 0.745. The van der Waals surface area contributed by atoms with Crippen molar-refractivity contribution in [1.82, 2.24) is 9.55 Å². The van der Waals surface area contributed by atoms with E-state index in [4.69, 9.17) is 5.73 Å². The number of nitrogen functional groups attached to an aromatic ring is 1. The highest BCUT2D eigenvalue weighted by Crippen LogP contribution is 2.24. The van der Waals surface area contributed by atoms with E-state index >= 15 is 0 Å². The van der Waals surface area contributed by atoms with Crippen LogP contribution in [0.5, 0.6) is 0 Å². The first-order valence-corrected chi connectivity index (χ1v) is 4.35. The lowest BCUT2D eigenvalue weighted by molar-refractivity contribution is 0.966. The molecule has 0 saturated carbocycles. The molecule has 2 N–H and O–H groups in total. The van der Waals surface area contributed by atoms with Gasteiger partial charge in [0.25, 0.3) is 0 Å². The molecule has 3 nitrogen and oxygen atoms in total. The zero-order valence-corrected chi connectivity index (χ0v) is 8.17. The number of aryl methyl sites for hydroxylation is 1. The van der Waals surface area contributed by atoms with Crippen molar-refractivity contribution in [3.8, 4) is 0 Å². The van der Waals surface area contributed by atoms with Crippen LogP contribution in [0.1, 0.15) is 0 Å². The van der Waals surface area contributed by atoms with Gasteiger partial charge in [-0.15, -0.1) is 0 Å². The van der Waals surface area contributed by atoms with Gasteiger partial charge in [0.1, 0.15) is 11.3 Å². The van der Waals surface area contributed by atoms with Crippen molar-refractivity contribution in [1.29, 1.82) is 0 Å². The predicted molar refractivity (Wildman–Crippen MR) is 52.8 cm³/mol. The monoisotopic (exact) mass is 225 g/mol. The molecule has 2 aromatic rings. The summed E-state index contributed by atoms with van der Waals surface area (Å²) in [7, 11) is 1.98. The molecule has 4 heteroatoms. The Morgan fingerprint density at radius 1 is 1.50 bits per heavy atom. The van der Waals surface area contributed by atoms with Gasteiger partial charge in [0.15, 0.2) is 0 Å². The van der Waals surface area contributed by atoms with Crippen molar-refractivity contribution < 1.29 is 0 Å². The van der Waals surface area contributed by atoms with Crippen molar-refractivity contribution in [2.24, 2.45) is 7.05 Å². The molecule has 0 atom stereocenters. The van der Waals surface area contributed by atoms with Crippen molar-refractivity contribution >= 4 is 32.8 Å². The molecule has 2 rings (SSSR count). The maximum Gasteiger partial charge on any atom is 0.124 e. The Hall–Kier alpha value is -1.03. The normalized spacial score (nSPS) is 10.8. The third-order valence-corrected chi connectivity index (χ3v) is 2.39. The first-order valence-electron chi connectivity index (χ1n) is 3.55. The lowest BCUT2D eigenvalue weighted by Crippen LogP contribution is -1.90. The van der Waals surface area contributed by atoms with Crippen LogP contribution in [0, 0.1) is 0 Å². The standard InChI is InChI=1S/C8H8BrN3/c1-12-4-5(9)8-6(12)2-3-7(10)11-8/h2-4H,1H3,(H2,10,11). The van der Waals surface area contributed by atoms with Gasteiger partial charge in [0.2, 0.25) is 0 Å². The number of aromatic nitrogens is 2. The van der Waals surface area contributed by atoms with E-state index in [-0.39, 0.29) is 0 Å². The van der Waals surface area contributed by atoms with Crippen LogP contribution < -0.4 is 5.73 Å². The number of hydrogen-bond acceptors (Lipinski definition) is 2. The fraction of sp³-hybridized carbons (Fsp3) is 0.125. The van der Waals surface area contributed by atoms with E-state index in [0.29, 0.717) is 5.82 Å². The lowest BCUT2D eigenvalue weighted by Gasteiger charge is -1.95. The maximum absolute atomic E-state index is 5.56. The van der Waals surface area contributed by atoms with Gasteiger partial charge in [-0.2, -0.15) is 0 Å². The smallest absolute Gasteiger partial charge is 0.124 e. The maximum atomic E-state index is 5.56. The van der Waals surface area contributed by atoms with Crippen LogP contribution in [0.4, 0.5) is 5.82 Å². The SMILES string of the molecule is Cn1cc(Br)c2nc(N)ccc21. The van der Waals surface area contributed by atoms with E-state index in [1.165, 1.54) is 0 Å². The zero-order valence-electron chi connectivity index (χ0n) is 6.58. The first kappa shape index (κ1) is 7.61. The molecule has 0 unspecified atom stereocenters. The van der Waals surface area contributed by atoms with Crippen LogP contribution in [0.25, 0.3) is 11.0 Å². The van der Waals surface area contributed by atoms with E-state index in [1.807, 2.05) is 23.9 Å². The molecule has 0 fully saturated rings. The molecule has 0 spiro atoms. The average Bonchev–Trinajstić information content (AvgIpc) is 2.28. The summed E-state index contributed by atoms with van der Waals surface area (Å²) in [5.74, 6) is 0.550. The molecule has 0 aromatic carbocycles. The highest BCUT2D eigenvalue weighted by molar-refractivity contribution is 9.10. The summed E-state index contributed by atoms with van der Waals surface area (Å²) in [6.07, 6.45) is 1.97. The molecule has 12 heavy (non-hydrogen) atoms. The second-order valence-corrected chi connectivity index (χ2v) is 3.55. The molecule has 0 bridgehead atoms. The van der Waals surface area contributed by atoms with Gasteiger partial charge >= 0.3 is 0 Å². The van der Waals surface area contributed by atoms with Gasteiger partial charge in [0.05, 0.1) is 9.99 Å². The summed E-state index contributed by atoms with van der Waals surface area (Å²) in [6.45, 7) is 0. The zero-order chi connectivity index (χ0) is 8.72. The third-order valence-electron chi connectivity index (χ3n) is 1.81. The van der Waals surface area contributed by atoms with Gasteiger partial charge < -0.3 is 10.3 Å². The molecule has 0 aliphatic heterocycles. The second kappa shape index (κ2) is 2.48. The Morgan fingerprint density at radius 2 is 2.25 bits per heavy atom. The number of fused-ring (bicyclic) bond motifs is 1. The number of nitrogens with zero attached hydrogens (tertiary/aromatic N) is 2. The Balaban J connectivity index is 2.90. The molecule has 2 heterocycles. The van der Waals surface area contributed by atoms with E-state index in [2.05, 4.69) is 20.9 Å². The van der Waals surface area contributed by atoms with Crippen LogP contribution >= 0.6 is 15.9 Å². The Bertz CT molecular complexity index is 433. The summed E-state index contributed by atoms with van der Waals surface area (Å²) in [4.78, 5) is 4.21. The van der Waals surface area contributed by atoms with E-state index < -0.39 is 0 Å². The molecule has 2 aromatic heterocycles. The van der Waals surface area contributed by atoms with E-state index in [1.54, 1.807) is 6.07 Å². The largest absolute Gasteiger partial charge is 0.384 e. The van der Waals surface area contributed by atoms with E-state index in [9.17, 15) is 0 Å². The number of rotatable bonds is 0. The van der Waals surface area contributed by atoms with Crippen molar-refractivity contribution in [3.05, 3.63) is 22.8 Å². The molecule has 0 saturated heterocycles. The minimum absolute atomic E-state index is 0.550. The number of pyridine rings is 1. The summed E-state index contributed by atoms with van der Waals surface area (Å²) in [6, 6.07) is 3.76. The van der Waals surface area contributed by atoms with Gasteiger partial charge in [-0.25, -0.2) is 4.98 Å². The fourth-order valence-electron chi connectivity index (χ4n) is 1.23. The second-order valence-electron chi connectivity index (χ2n) is 2.69. The van der Waals surface area contributed by atoms with Gasteiger partial charge in [-0.05, 0) is 28.1 Å². The fourth-order valence-corrected chi connectivity index (χ4v) is 1.83. The van der Waals surface area contributed by atoms with Crippen LogP contribution in [-0.4, -0.2) is 9.55 Å².